The Kier molecular flexibility index (Phi) is 5.77. The summed E-state index contributed by atoms with van der Waals surface area (Å²) in [7, 11) is 1.72. The number of ether oxygens (including phenoxy) is 2. The van der Waals surface area contributed by atoms with E-state index in [4.69, 9.17) is 9.47 Å². The third-order valence-electron chi connectivity index (χ3n) is 2.21. The van der Waals surface area contributed by atoms with Crippen molar-refractivity contribution >= 4 is 5.69 Å². The van der Waals surface area contributed by atoms with Crippen LogP contribution in [0.15, 0.2) is 18.3 Å². The van der Waals surface area contributed by atoms with Crippen molar-refractivity contribution in [1.29, 1.82) is 0 Å². The monoisotopic (exact) mass is 238 g/mol. The molecule has 1 N–H and O–H groups in total. The largest absolute Gasteiger partial charge is 0.473 e. The molecule has 1 aromatic rings. The highest BCUT2D eigenvalue weighted by Crippen LogP contribution is 2.21. The lowest BCUT2D eigenvalue weighted by Crippen LogP contribution is -2.17. The minimum Gasteiger partial charge on any atom is -0.473 e. The third-order valence-corrected chi connectivity index (χ3v) is 2.21. The van der Waals surface area contributed by atoms with Crippen LogP contribution in [-0.2, 0) is 4.74 Å². The lowest BCUT2D eigenvalue weighted by atomic mass is 10.2. The summed E-state index contributed by atoms with van der Waals surface area (Å²) in [6.07, 6.45) is 1.86. The SMILES string of the molecule is COCC(C)CNc1cccnc1OC(C)C. The number of methoxy groups -OCH3 is 1. The molecule has 96 valence electrons. The second-order valence-electron chi connectivity index (χ2n) is 4.46. The third kappa shape index (κ3) is 5.04. The summed E-state index contributed by atoms with van der Waals surface area (Å²) < 4.78 is 10.7. The molecule has 1 atom stereocenters. The van der Waals surface area contributed by atoms with Crippen molar-refractivity contribution in [1.82, 2.24) is 4.98 Å². The molecule has 1 unspecified atom stereocenters. The zero-order valence-corrected chi connectivity index (χ0v) is 11.1. The van der Waals surface area contributed by atoms with Gasteiger partial charge in [-0.3, -0.25) is 0 Å². The highest BCUT2D eigenvalue weighted by Gasteiger charge is 2.07. The van der Waals surface area contributed by atoms with Crippen molar-refractivity contribution in [3.8, 4) is 5.88 Å². The zero-order valence-electron chi connectivity index (χ0n) is 11.1. The smallest absolute Gasteiger partial charge is 0.237 e. The summed E-state index contributed by atoms with van der Waals surface area (Å²) in [6, 6.07) is 3.88. The first-order valence-electron chi connectivity index (χ1n) is 5.98. The van der Waals surface area contributed by atoms with E-state index >= 15 is 0 Å². The van der Waals surface area contributed by atoms with E-state index in [1.165, 1.54) is 0 Å². The molecule has 4 heteroatoms. The Labute approximate surface area is 103 Å². The number of hydrogen-bond acceptors (Lipinski definition) is 4. The molecule has 0 saturated heterocycles. The maximum atomic E-state index is 5.63. The van der Waals surface area contributed by atoms with E-state index in [1.54, 1.807) is 13.3 Å². The van der Waals surface area contributed by atoms with Crippen LogP contribution in [0.4, 0.5) is 5.69 Å². The van der Waals surface area contributed by atoms with E-state index in [9.17, 15) is 0 Å². The van der Waals surface area contributed by atoms with Gasteiger partial charge in [0.05, 0.1) is 18.4 Å². The van der Waals surface area contributed by atoms with Gasteiger partial charge in [-0.05, 0) is 31.9 Å². The molecule has 0 spiro atoms. The number of nitrogens with zero attached hydrogens (tertiary/aromatic N) is 1. The van der Waals surface area contributed by atoms with E-state index in [0.29, 0.717) is 11.8 Å². The van der Waals surface area contributed by atoms with Crippen molar-refractivity contribution in [2.75, 3.05) is 25.6 Å². The van der Waals surface area contributed by atoms with Crippen LogP contribution in [0.25, 0.3) is 0 Å². The van der Waals surface area contributed by atoms with Crippen molar-refractivity contribution in [3.05, 3.63) is 18.3 Å². The van der Waals surface area contributed by atoms with Crippen LogP contribution in [0.2, 0.25) is 0 Å². The molecule has 4 nitrogen and oxygen atoms in total. The molecule has 0 aliphatic heterocycles. The molecule has 0 amide bonds. The molecule has 0 radical (unpaired) electrons. The predicted molar refractivity (Wildman–Crippen MR) is 69.5 cm³/mol. The standard InChI is InChI=1S/C13H22N2O2/c1-10(2)17-13-12(6-5-7-14-13)15-8-11(3)9-16-4/h5-7,10-11,15H,8-9H2,1-4H3. The molecular formula is C13H22N2O2. The van der Waals surface area contributed by atoms with Gasteiger partial charge in [0.25, 0.3) is 0 Å². The summed E-state index contributed by atoms with van der Waals surface area (Å²) >= 11 is 0. The first-order chi connectivity index (χ1) is 8.13. The molecule has 1 rings (SSSR count). The van der Waals surface area contributed by atoms with Crippen molar-refractivity contribution in [3.63, 3.8) is 0 Å². The van der Waals surface area contributed by atoms with Crippen LogP contribution in [0, 0.1) is 5.92 Å². The van der Waals surface area contributed by atoms with Gasteiger partial charge in [-0.2, -0.15) is 0 Å². The van der Waals surface area contributed by atoms with E-state index in [0.717, 1.165) is 18.8 Å². The number of pyridine rings is 1. The van der Waals surface area contributed by atoms with Gasteiger partial charge in [0.1, 0.15) is 0 Å². The fourth-order valence-corrected chi connectivity index (χ4v) is 1.47. The van der Waals surface area contributed by atoms with Crippen LogP contribution < -0.4 is 10.1 Å². The molecule has 0 saturated carbocycles. The summed E-state index contributed by atoms with van der Waals surface area (Å²) in [4.78, 5) is 4.23. The van der Waals surface area contributed by atoms with Crippen LogP contribution in [0.1, 0.15) is 20.8 Å². The van der Waals surface area contributed by atoms with Gasteiger partial charge >= 0.3 is 0 Å². The Morgan fingerprint density at radius 1 is 1.35 bits per heavy atom. The first kappa shape index (κ1) is 13.8. The number of aromatic nitrogens is 1. The minimum absolute atomic E-state index is 0.127. The first-order valence-corrected chi connectivity index (χ1v) is 5.98. The van der Waals surface area contributed by atoms with Gasteiger partial charge in [0.15, 0.2) is 0 Å². The molecule has 0 aromatic carbocycles. The highest BCUT2D eigenvalue weighted by atomic mass is 16.5. The maximum absolute atomic E-state index is 5.63. The van der Waals surface area contributed by atoms with E-state index < -0.39 is 0 Å². The Bertz CT molecular complexity index is 329. The molecule has 17 heavy (non-hydrogen) atoms. The summed E-state index contributed by atoms with van der Waals surface area (Å²) in [6.45, 7) is 7.70. The second kappa shape index (κ2) is 7.12. The van der Waals surface area contributed by atoms with Crippen molar-refractivity contribution < 1.29 is 9.47 Å². The molecule has 0 aliphatic carbocycles. The minimum atomic E-state index is 0.127. The summed E-state index contributed by atoms with van der Waals surface area (Å²) in [5, 5.41) is 3.34. The number of rotatable bonds is 7. The number of nitrogens with one attached hydrogen (secondary N) is 1. The average Bonchev–Trinajstić information content (AvgIpc) is 2.27. The van der Waals surface area contributed by atoms with Crippen LogP contribution >= 0.6 is 0 Å². The normalized spacial score (nSPS) is 12.5. The average molecular weight is 238 g/mol. The van der Waals surface area contributed by atoms with Gasteiger partial charge in [0, 0.05) is 19.9 Å². The Morgan fingerprint density at radius 2 is 2.12 bits per heavy atom. The van der Waals surface area contributed by atoms with E-state index in [1.807, 2.05) is 26.0 Å². The van der Waals surface area contributed by atoms with Crippen LogP contribution in [-0.4, -0.2) is 31.3 Å². The van der Waals surface area contributed by atoms with E-state index in [-0.39, 0.29) is 6.10 Å². The fraction of sp³-hybridized carbons (Fsp3) is 0.615. The van der Waals surface area contributed by atoms with Gasteiger partial charge in [0.2, 0.25) is 5.88 Å². The highest BCUT2D eigenvalue weighted by molar-refractivity contribution is 5.52. The Hall–Kier alpha value is -1.29. The molecule has 0 fully saturated rings. The lowest BCUT2D eigenvalue weighted by molar-refractivity contribution is 0.164. The summed E-state index contributed by atoms with van der Waals surface area (Å²) in [5.74, 6) is 1.11. The maximum Gasteiger partial charge on any atom is 0.237 e. The Balaban J connectivity index is 2.57. The molecule has 1 heterocycles. The molecular weight excluding hydrogens is 216 g/mol. The van der Waals surface area contributed by atoms with E-state index in [2.05, 4.69) is 17.2 Å². The zero-order chi connectivity index (χ0) is 12.7. The van der Waals surface area contributed by atoms with Crippen LogP contribution in [0.5, 0.6) is 5.88 Å². The fourth-order valence-electron chi connectivity index (χ4n) is 1.47. The van der Waals surface area contributed by atoms with Crippen molar-refractivity contribution in [2.24, 2.45) is 5.92 Å². The number of anilines is 1. The molecule has 0 aliphatic rings. The lowest BCUT2D eigenvalue weighted by Gasteiger charge is -2.16. The van der Waals surface area contributed by atoms with Crippen molar-refractivity contribution in [2.45, 2.75) is 26.9 Å². The topological polar surface area (TPSA) is 43.4 Å². The van der Waals surface area contributed by atoms with Crippen LogP contribution in [0.3, 0.4) is 0 Å². The second-order valence-corrected chi connectivity index (χ2v) is 4.46. The van der Waals surface area contributed by atoms with Gasteiger partial charge in [-0.25, -0.2) is 4.98 Å². The number of hydrogen-bond donors (Lipinski definition) is 1. The predicted octanol–water partition coefficient (Wildman–Crippen LogP) is 2.56. The molecule has 0 bridgehead atoms. The van der Waals surface area contributed by atoms with Gasteiger partial charge < -0.3 is 14.8 Å². The molecule has 1 aromatic heterocycles. The van der Waals surface area contributed by atoms with Gasteiger partial charge in [-0.1, -0.05) is 6.92 Å². The van der Waals surface area contributed by atoms with Gasteiger partial charge in [-0.15, -0.1) is 0 Å². The quantitative estimate of drug-likeness (QED) is 0.793. The Morgan fingerprint density at radius 3 is 2.76 bits per heavy atom. The summed E-state index contributed by atoms with van der Waals surface area (Å²) in [5.41, 5.74) is 0.934.